The van der Waals surface area contributed by atoms with Crippen molar-refractivity contribution in [2.45, 2.75) is 20.8 Å². The smallest absolute Gasteiger partial charge is 0.161 e. The Kier molecular flexibility index (Phi) is 4.50. The number of benzene rings is 1. The number of aromatic nitrogens is 1. The Hall–Kier alpha value is -0.870. The molecule has 0 radical (unpaired) electrons. The minimum Gasteiger partial charge on any atom is -0.494 e. The van der Waals surface area contributed by atoms with E-state index in [9.17, 15) is 4.39 Å². The molecule has 0 spiro atoms. The summed E-state index contributed by atoms with van der Waals surface area (Å²) in [5, 5.41) is 0.859. The van der Waals surface area contributed by atoms with Crippen LogP contribution in [0.1, 0.15) is 18.9 Å². The molecule has 88 valence electrons. The maximum atomic E-state index is 13.5. The van der Waals surface area contributed by atoms with E-state index < -0.39 is 5.82 Å². The van der Waals surface area contributed by atoms with Crippen LogP contribution in [0.2, 0.25) is 5.02 Å². The molecule has 0 amide bonds. The molecule has 0 bridgehead atoms. The number of nitrogens with zero attached hydrogens (tertiary/aromatic N) is 1. The molecule has 0 aliphatic heterocycles. The molecule has 2 nitrogen and oxygen atoms in total. The first-order chi connectivity index (χ1) is 7.63. The Morgan fingerprint density at radius 3 is 2.62 bits per heavy atom. The van der Waals surface area contributed by atoms with Gasteiger partial charge in [-0.15, -0.1) is 11.3 Å². The van der Waals surface area contributed by atoms with Crippen LogP contribution in [0.4, 0.5) is 4.39 Å². The molecule has 1 heterocycles. The lowest BCUT2D eigenvalue weighted by Crippen LogP contribution is -1.87. The monoisotopic (exact) mass is 261 g/mol. The SMILES string of the molecule is CC.COc1cc(Cl)c(F)c2sc(C)nc12. The largest absolute Gasteiger partial charge is 0.494 e. The predicted molar refractivity (Wildman–Crippen MR) is 67.2 cm³/mol. The van der Waals surface area contributed by atoms with E-state index in [2.05, 4.69) is 4.98 Å². The third kappa shape index (κ3) is 2.28. The van der Waals surface area contributed by atoms with Gasteiger partial charge in [0.1, 0.15) is 11.3 Å². The summed E-state index contributed by atoms with van der Waals surface area (Å²) in [5.41, 5.74) is 0.539. The van der Waals surface area contributed by atoms with Crippen LogP contribution < -0.4 is 4.74 Å². The zero-order chi connectivity index (χ0) is 12.3. The molecule has 0 N–H and O–H groups in total. The van der Waals surface area contributed by atoms with Gasteiger partial charge in [0.25, 0.3) is 0 Å². The number of aryl methyl sites for hydroxylation is 1. The molecule has 0 saturated carbocycles. The molecule has 0 atom stereocenters. The maximum Gasteiger partial charge on any atom is 0.161 e. The Morgan fingerprint density at radius 2 is 2.06 bits per heavy atom. The predicted octanol–water partition coefficient (Wildman–Crippen LogP) is 4.43. The van der Waals surface area contributed by atoms with Crippen molar-refractivity contribution in [2.24, 2.45) is 0 Å². The van der Waals surface area contributed by atoms with E-state index >= 15 is 0 Å². The van der Waals surface area contributed by atoms with Crippen LogP contribution in [0.25, 0.3) is 10.2 Å². The van der Waals surface area contributed by atoms with Gasteiger partial charge < -0.3 is 4.74 Å². The molecule has 0 aliphatic carbocycles. The van der Waals surface area contributed by atoms with Gasteiger partial charge in [-0.25, -0.2) is 9.37 Å². The van der Waals surface area contributed by atoms with E-state index in [1.165, 1.54) is 24.5 Å². The van der Waals surface area contributed by atoms with Gasteiger partial charge in [-0.2, -0.15) is 0 Å². The molecule has 2 aromatic rings. The second kappa shape index (κ2) is 5.46. The van der Waals surface area contributed by atoms with Crippen molar-refractivity contribution in [1.29, 1.82) is 0 Å². The summed E-state index contributed by atoms with van der Waals surface area (Å²) < 4.78 is 19.0. The van der Waals surface area contributed by atoms with Crippen molar-refractivity contribution in [1.82, 2.24) is 4.98 Å². The van der Waals surface area contributed by atoms with E-state index in [0.29, 0.717) is 16.0 Å². The van der Waals surface area contributed by atoms with Gasteiger partial charge in [0.2, 0.25) is 0 Å². The highest BCUT2D eigenvalue weighted by molar-refractivity contribution is 7.18. The standard InChI is InChI=1S/C9H7ClFNOS.C2H6/c1-4-12-8-6(13-2)3-5(10)7(11)9(8)14-4;1-2/h3H,1-2H3;1-2H3. The van der Waals surface area contributed by atoms with Crippen LogP contribution in [0.3, 0.4) is 0 Å². The van der Waals surface area contributed by atoms with Crippen molar-refractivity contribution in [3.63, 3.8) is 0 Å². The number of halogens is 2. The highest BCUT2D eigenvalue weighted by Crippen LogP contribution is 2.35. The number of ether oxygens (including phenoxy) is 1. The molecule has 1 aromatic carbocycles. The normalized spacial score (nSPS) is 9.88. The lowest BCUT2D eigenvalue weighted by Gasteiger charge is -2.02. The Labute approximate surface area is 103 Å². The summed E-state index contributed by atoms with van der Waals surface area (Å²) in [6.07, 6.45) is 0. The van der Waals surface area contributed by atoms with Crippen LogP contribution in [0.15, 0.2) is 6.07 Å². The van der Waals surface area contributed by atoms with E-state index in [0.717, 1.165) is 5.01 Å². The molecule has 16 heavy (non-hydrogen) atoms. The number of rotatable bonds is 1. The van der Waals surface area contributed by atoms with Gasteiger partial charge in [-0.05, 0) is 6.92 Å². The topological polar surface area (TPSA) is 22.1 Å². The Morgan fingerprint density at radius 1 is 1.44 bits per heavy atom. The Bertz CT molecular complexity index is 498. The first kappa shape index (κ1) is 13.2. The number of methoxy groups -OCH3 is 1. The zero-order valence-corrected chi connectivity index (χ0v) is 11.2. The van der Waals surface area contributed by atoms with Gasteiger partial charge in [0.05, 0.1) is 21.8 Å². The number of hydrogen-bond acceptors (Lipinski definition) is 3. The highest BCUT2D eigenvalue weighted by atomic mass is 35.5. The molecular formula is C11H13ClFNOS. The average molecular weight is 262 g/mol. The van der Waals surface area contributed by atoms with Gasteiger partial charge in [0.15, 0.2) is 5.82 Å². The molecule has 0 saturated heterocycles. The van der Waals surface area contributed by atoms with Crippen LogP contribution in [-0.4, -0.2) is 12.1 Å². The number of hydrogen-bond donors (Lipinski definition) is 0. The fraction of sp³-hybridized carbons (Fsp3) is 0.364. The zero-order valence-electron chi connectivity index (χ0n) is 9.60. The quantitative estimate of drug-likeness (QED) is 0.758. The summed E-state index contributed by atoms with van der Waals surface area (Å²) in [7, 11) is 1.51. The second-order valence-electron chi connectivity index (χ2n) is 2.79. The molecule has 0 aliphatic rings. The van der Waals surface area contributed by atoms with E-state index in [4.69, 9.17) is 16.3 Å². The van der Waals surface area contributed by atoms with Gasteiger partial charge in [-0.3, -0.25) is 0 Å². The summed E-state index contributed by atoms with van der Waals surface area (Å²) in [6.45, 7) is 5.82. The third-order valence-corrected chi connectivity index (χ3v) is 3.09. The molecular weight excluding hydrogens is 249 g/mol. The molecule has 0 unspecified atom stereocenters. The minimum absolute atomic E-state index is 0.0676. The van der Waals surface area contributed by atoms with E-state index in [-0.39, 0.29) is 5.02 Å². The van der Waals surface area contributed by atoms with E-state index in [1.807, 2.05) is 20.8 Å². The summed E-state index contributed by atoms with van der Waals surface area (Å²) in [5.74, 6) is 0.0869. The molecule has 0 fully saturated rings. The summed E-state index contributed by atoms with van der Waals surface area (Å²) >= 11 is 6.98. The van der Waals surface area contributed by atoms with Crippen LogP contribution in [-0.2, 0) is 0 Å². The van der Waals surface area contributed by atoms with Crippen LogP contribution in [0.5, 0.6) is 5.75 Å². The summed E-state index contributed by atoms with van der Waals surface area (Å²) in [6, 6.07) is 1.44. The lowest BCUT2D eigenvalue weighted by molar-refractivity contribution is 0.418. The van der Waals surface area contributed by atoms with Crippen molar-refractivity contribution in [3.05, 3.63) is 21.9 Å². The van der Waals surface area contributed by atoms with Crippen molar-refractivity contribution >= 4 is 33.2 Å². The number of thiazole rings is 1. The van der Waals surface area contributed by atoms with E-state index in [1.54, 1.807) is 0 Å². The van der Waals surface area contributed by atoms with Crippen molar-refractivity contribution < 1.29 is 9.13 Å². The Balaban J connectivity index is 0.000000606. The van der Waals surface area contributed by atoms with Gasteiger partial charge in [0, 0.05) is 6.07 Å². The minimum atomic E-state index is -0.423. The number of fused-ring (bicyclic) bond motifs is 1. The lowest BCUT2D eigenvalue weighted by atomic mass is 10.3. The first-order valence-electron chi connectivity index (χ1n) is 4.92. The average Bonchev–Trinajstić information content (AvgIpc) is 2.68. The highest BCUT2D eigenvalue weighted by Gasteiger charge is 2.14. The van der Waals surface area contributed by atoms with Crippen molar-refractivity contribution in [2.75, 3.05) is 7.11 Å². The van der Waals surface area contributed by atoms with Crippen LogP contribution >= 0.6 is 22.9 Å². The van der Waals surface area contributed by atoms with Gasteiger partial charge in [-0.1, -0.05) is 25.4 Å². The maximum absolute atomic E-state index is 13.5. The molecule has 1 aromatic heterocycles. The van der Waals surface area contributed by atoms with Crippen LogP contribution in [0, 0.1) is 12.7 Å². The first-order valence-corrected chi connectivity index (χ1v) is 6.12. The second-order valence-corrected chi connectivity index (χ2v) is 4.40. The molecule has 2 rings (SSSR count). The third-order valence-electron chi connectivity index (χ3n) is 1.85. The summed E-state index contributed by atoms with van der Waals surface area (Å²) in [4.78, 5) is 4.18. The fourth-order valence-electron chi connectivity index (χ4n) is 1.25. The van der Waals surface area contributed by atoms with Gasteiger partial charge >= 0.3 is 0 Å². The fourth-order valence-corrected chi connectivity index (χ4v) is 2.38. The molecule has 5 heteroatoms. The van der Waals surface area contributed by atoms with Crippen molar-refractivity contribution in [3.8, 4) is 5.75 Å².